The van der Waals surface area contributed by atoms with Crippen molar-refractivity contribution in [2.75, 3.05) is 13.2 Å². The van der Waals surface area contributed by atoms with Gasteiger partial charge in [-0.2, -0.15) is 0 Å². The minimum absolute atomic E-state index is 0.00635. The summed E-state index contributed by atoms with van der Waals surface area (Å²) in [6, 6.07) is 19.9. The minimum atomic E-state index is -0.675. The second-order valence-corrected chi connectivity index (χ2v) is 7.36. The molecule has 3 aromatic carbocycles. The van der Waals surface area contributed by atoms with Gasteiger partial charge < -0.3 is 15.8 Å². The van der Waals surface area contributed by atoms with Gasteiger partial charge in [-0.1, -0.05) is 60.4 Å². The first-order chi connectivity index (χ1) is 15.5. The zero-order valence-corrected chi connectivity index (χ0v) is 17.2. The summed E-state index contributed by atoms with van der Waals surface area (Å²) in [7, 11) is 0. The summed E-state index contributed by atoms with van der Waals surface area (Å²) in [6.07, 6.45) is -0.226. The summed E-state index contributed by atoms with van der Waals surface area (Å²) in [5, 5.41) is 2.66. The van der Waals surface area contributed by atoms with Crippen molar-refractivity contribution in [2.45, 2.75) is 12.3 Å². The first kappa shape index (κ1) is 21.1. The van der Waals surface area contributed by atoms with E-state index in [4.69, 9.17) is 10.5 Å². The zero-order valence-electron chi connectivity index (χ0n) is 17.2. The van der Waals surface area contributed by atoms with Crippen LogP contribution in [-0.2, 0) is 4.74 Å². The van der Waals surface area contributed by atoms with Crippen molar-refractivity contribution >= 4 is 12.0 Å². The van der Waals surface area contributed by atoms with E-state index in [0.29, 0.717) is 6.42 Å². The third-order valence-corrected chi connectivity index (χ3v) is 5.33. The zero-order chi connectivity index (χ0) is 22.5. The second-order valence-electron chi connectivity index (χ2n) is 7.36. The molecule has 0 fully saturated rings. The van der Waals surface area contributed by atoms with Gasteiger partial charge in [0.05, 0.1) is 5.56 Å². The predicted molar refractivity (Wildman–Crippen MR) is 119 cm³/mol. The lowest BCUT2D eigenvalue weighted by Gasteiger charge is -2.14. The number of carbonyl (C=O) groups is 2. The summed E-state index contributed by atoms with van der Waals surface area (Å²) in [5.41, 5.74) is 10.3. The van der Waals surface area contributed by atoms with Crippen LogP contribution < -0.4 is 11.1 Å². The van der Waals surface area contributed by atoms with Crippen molar-refractivity contribution in [1.29, 1.82) is 0 Å². The van der Waals surface area contributed by atoms with E-state index in [0.717, 1.165) is 23.3 Å². The third kappa shape index (κ3) is 4.47. The fourth-order valence-electron chi connectivity index (χ4n) is 3.87. The highest BCUT2D eigenvalue weighted by atomic mass is 19.1. The van der Waals surface area contributed by atoms with Crippen LogP contribution >= 0.6 is 0 Å². The van der Waals surface area contributed by atoms with E-state index in [-0.39, 0.29) is 30.2 Å². The summed E-state index contributed by atoms with van der Waals surface area (Å²) < 4.78 is 18.9. The Morgan fingerprint density at radius 3 is 2.31 bits per heavy atom. The van der Waals surface area contributed by atoms with Crippen LogP contribution in [0.4, 0.5) is 9.18 Å². The molecule has 0 aliphatic heterocycles. The first-order valence-electron chi connectivity index (χ1n) is 10.2. The molecule has 3 N–H and O–H groups in total. The number of hydrogen-bond acceptors (Lipinski definition) is 3. The Morgan fingerprint density at radius 1 is 1.00 bits per heavy atom. The average Bonchev–Trinajstić information content (AvgIpc) is 3.11. The molecule has 4 rings (SSSR count). The van der Waals surface area contributed by atoms with Gasteiger partial charge in [0, 0.05) is 24.4 Å². The first-order valence-corrected chi connectivity index (χ1v) is 10.2. The number of ether oxygens (including phenoxy) is 1. The van der Waals surface area contributed by atoms with Crippen LogP contribution in [0.2, 0.25) is 0 Å². The van der Waals surface area contributed by atoms with Gasteiger partial charge in [-0.05, 0) is 40.5 Å². The van der Waals surface area contributed by atoms with Crippen molar-refractivity contribution in [3.63, 3.8) is 0 Å². The van der Waals surface area contributed by atoms with Crippen LogP contribution in [0.3, 0.4) is 0 Å². The summed E-state index contributed by atoms with van der Waals surface area (Å²) in [5.74, 6) is 4.35. The second kappa shape index (κ2) is 9.36. The number of nitrogens with two attached hydrogens (primary N) is 1. The standard InChI is InChI=1S/C26H21FN2O3/c27-18-12-13-19(25(28)30)17(15-18)7-5-6-14-29-26(31)32-16-24-22-10-3-1-8-20(22)21-9-2-4-11-23(21)24/h1-4,8-13,15,24H,6,14,16H2,(H2,28,30)(H,29,31). The molecule has 5 nitrogen and oxygen atoms in total. The topological polar surface area (TPSA) is 81.4 Å². The smallest absolute Gasteiger partial charge is 0.407 e. The normalized spacial score (nSPS) is 11.7. The molecule has 0 saturated carbocycles. The number of benzene rings is 3. The molecule has 0 heterocycles. The van der Waals surface area contributed by atoms with Gasteiger partial charge in [0.25, 0.3) is 0 Å². The molecule has 160 valence electrons. The molecule has 0 saturated heterocycles. The molecule has 0 spiro atoms. The lowest BCUT2D eigenvalue weighted by molar-refractivity contribution is 0.1000. The minimum Gasteiger partial charge on any atom is -0.449 e. The van der Waals surface area contributed by atoms with Gasteiger partial charge in [-0.3, -0.25) is 4.79 Å². The molecule has 0 aromatic heterocycles. The molecule has 1 aliphatic carbocycles. The molecule has 1 aliphatic rings. The number of hydrogen-bond donors (Lipinski definition) is 2. The number of alkyl carbamates (subject to hydrolysis) is 1. The van der Waals surface area contributed by atoms with E-state index in [2.05, 4.69) is 41.4 Å². The van der Waals surface area contributed by atoms with Crippen molar-refractivity contribution in [3.8, 4) is 23.0 Å². The van der Waals surface area contributed by atoms with Crippen molar-refractivity contribution in [1.82, 2.24) is 5.32 Å². The molecule has 2 amide bonds. The largest absolute Gasteiger partial charge is 0.449 e. The number of nitrogens with one attached hydrogen (secondary N) is 1. The fourth-order valence-corrected chi connectivity index (χ4v) is 3.87. The molecule has 0 atom stereocenters. The quantitative estimate of drug-likeness (QED) is 0.472. The number of primary amides is 1. The van der Waals surface area contributed by atoms with E-state index in [1.54, 1.807) is 0 Å². The maximum absolute atomic E-state index is 13.4. The highest BCUT2D eigenvalue weighted by Gasteiger charge is 2.28. The molecule has 32 heavy (non-hydrogen) atoms. The van der Waals surface area contributed by atoms with Crippen LogP contribution in [0.1, 0.15) is 39.4 Å². The van der Waals surface area contributed by atoms with Crippen molar-refractivity contribution < 1.29 is 18.7 Å². The van der Waals surface area contributed by atoms with E-state index >= 15 is 0 Å². The van der Waals surface area contributed by atoms with Crippen LogP contribution in [-0.4, -0.2) is 25.2 Å². The fraction of sp³-hybridized carbons (Fsp3) is 0.154. The van der Waals surface area contributed by atoms with Crippen LogP contribution in [0.5, 0.6) is 0 Å². The maximum atomic E-state index is 13.4. The van der Waals surface area contributed by atoms with Gasteiger partial charge in [-0.15, -0.1) is 0 Å². The van der Waals surface area contributed by atoms with Gasteiger partial charge >= 0.3 is 6.09 Å². The molecular formula is C26H21FN2O3. The predicted octanol–water partition coefficient (Wildman–Crippen LogP) is 4.20. The molecule has 0 bridgehead atoms. The third-order valence-electron chi connectivity index (χ3n) is 5.33. The maximum Gasteiger partial charge on any atom is 0.407 e. The molecule has 3 aromatic rings. The molecule has 0 unspecified atom stereocenters. The highest BCUT2D eigenvalue weighted by Crippen LogP contribution is 2.44. The van der Waals surface area contributed by atoms with E-state index in [1.165, 1.54) is 17.2 Å². The summed E-state index contributed by atoms with van der Waals surface area (Å²) >= 11 is 0. The van der Waals surface area contributed by atoms with Gasteiger partial charge in [0.15, 0.2) is 0 Å². The summed E-state index contributed by atoms with van der Waals surface area (Å²) in [4.78, 5) is 23.6. The van der Waals surface area contributed by atoms with E-state index < -0.39 is 17.8 Å². The number of rotatable bonds is 5. The number of halogens is 1. The Hall–Kier alpha value is -4.11. The van der Waals surface area contributed by atoms with Crippen molar-refractivity contribution in [3.05, 3.63) is 94.8 Å². The van der Waals surface area contributed by atoms with Crippen LogP contribution in [0, 0.1) is 17.7 Å². The van der Waals surface area contributed by atoms with Crippen molar-refractivity contribution in [2.24, 2.45) is 5.73 Å². The van der Waals surface area contributed by atoms with Crippen LogP contribution in [0.25, 0.3) is 11.1 Å². The van der Waals surface area contributed by atoms with Gasteiger partial charge in [-0.25, -0.2) is 9.18 Å². The molecular weight excluding hydrogens is 407 g/mol. The SMILES string of the molecule is NC(=O)c1ccc(F)cc1C#CCCNC(=O)OCC1c2ccccc2-c2ccccc21. The monoisotopic (exact) mass is 428 g/mol. The highest BCUT2D eigenvalue weighted by molar-refractivity contribution is 5.95. The van der Waals surface area contributed by atoms with E-state index in [9.17, 15) is 14.0 Å². The average molecular weight is 428 g/mol. The lowest BCUT2D eigenvalue weighted by atomic mass is 9.98. The Bertz CT molecular complexity index is 1200. The van der Waals surface area contributed by atoms with Gasteiger partial charge in [0.2, 0.25) is 5.91 Å². The van der Waals surface area contributed by atoms with Gasteiger partial charge in [0.1, 0.15) is 12.4 Å². The van der Waals surface area contributed by atoms with E-state index in [1.807, 2.05) is 24.3 Å². The molecule has 0 radical (unpaired) electrons. The summed E-state index contributed by atoms with van der Waals surface area (Å²) in [6.45, 7) is 0.488. The number of fused-ring (bicyclic) bond motifs is 3. The number of carbonyl (C=O) groups excluding carboxylic acids is 2. The lowest BCUT2D eigenvalue weighted by Crippen LogP contribution is -2.26. The Morgan fingerprint density at radius 2 is 1.66 bits per heavy atom. The Balaban J connectivity index is 1.31. The number of amides is 2. The molecule has 6 heteroatoms. The van der Waals surface area contributed by atoms with Crippen LogP contribution in [0.15, 0.2) is 66.7 Å². The Kier molecular flexibility index (Phi) is 6.18. The Labute approximate surface area is 185 Å².